The number of carbonyl (C=O) groups excluding carboxylic acids is 2. The maximum absolute atomic E-state index is 12.4. The Morgan fingerprint density at radius 1 is 0.459 bits per heavy atom. The lowest BCUT2D eigenvalue weighted by atomic mass is 10.0. The van der Waals surface area contributed by atoms with Gasteiger partial charge in [0.25, 0.3) is 0 Å². The number of allylic oxidation sites excluding steroid dienone is 4. The molecule has 0 heterocycles. The SMILES string of the molecule is CCCCC/C=C\C/C=C\CCCCCCCC(=O)OCCCCCCCCCCCCCCCCCCCCC(=O)NC(CO)C(O)CCCCCCCCCCCCC. The van der Waals surface area contributed by atoms with Crippen LogP contribution in [0.5, 0.6) is 0 Å². The summed E-state index contributed by atoms with van der Waals surface area (Å²) in [6.07, 6.45) is 60.1. The van der Waals surface area contributed by atoms with E-state index in [9.17, 15) is 19.8 Å². The number of amides is 1. The first-order chi connectivity index (χ1) is 30.0. The summed E-state index contributed by atoms with van der Waals surface area (Å²) in [5.41, 5.74) is 0. The molecule has 0 saturated carbocycles. The molecule has 0 rings (SSSR count). The largest absolute Gasteiger partial charge is 0.466 e. The van der Waals surface area contributed by atoms with Gasteiger partial charge in [-0.2, -0.15) is 0 Å². The summed E-state index contributed by atoms with van der Waals surface area (Å²) < 4.78 is 5.47. The van der Waals surface area contributed by atoms with Crippen LogP contribution in [0.2, 0.25) is 0 Å². The van der Waals surface area contributed by atoms with E-state index >= 15 is 0 Å². The molecule has 6 heteroatoms. The van der Waals surface area contributed by atoms with Gasteiger partial charge in [0, 0.05) is 12.8 Å². The second-order valence-corrected chi connectivity index (χ2v) is 18.6. The molecule has 1 amide bonds. The molecule has 0 fully saturated rings. The highest BCUT2D eigenvalue weighted by Crippen LogP contribution is 2.17. The fourth-order valence-corrected chi connectivity index (χ4v) is 8.32. The summed E-state index contributed by atoms with van der Waals surface area (Å²) >= 11 is 0. The van der Waals surface area contributed by atoms with Crippen LogP contribution >= 0.6 is 0 Å². The minimum absolute atomic E-state index is 0.00683. The van der Waals surface area contributed by atoms with Crippen molar-refractivity contribution in [3.8, 4) is 0 Å². The minimum atomic E-state index is -0.665. The molecule has 0 aromatic heterocycles. The van der Waals surface area contributed by atoms with Gasteiger partial charge in [-0.05, 0) is 57.8 Å². The van der Waals surface area contributed by atoms with Crippen molar-refractivity contribution in [3.05, 3.63) is 24.3 Å². The molecule has 3 N–H and O–H groups in total. The number of rotatable bonds is 50. The molecule has 360 valence electrons. The van der Waals surface area contributed by atoms with E-state index < -0.39 is 12.1 Å². The van der Waals surface area contributed by atoms with Gasteiger partial charge in [-0.15, -0.1) is 0 Å². The summed E-state index contributed by atoms with van der Waals surface area (Å²) in [5, 5.41) is 23.2. The van der Waals surface area contributed by atoms with Crippen molar-refractivity contribution in [2.75, 3.05) is 13.2 Å². The van der Waals surface area contributed by atoms with Crippen molar-refractivity contribution in [1.82, 2.24) is 5.32 Å². The van der Waals surface area contributed by atoms with E-state index in [1.165, 1.54) is 205 Å². The average Bonchev–Trinajstić information content (AvgIpc) is 3.26. The molecule has 0 radical (unpaired) electrons. The van der Waals surface area contributed by atoms with Gasteiger partial charge < -0.3 is 20.3 Å². The van der Waals surface area contributed by atoms with E-state index in [0.29, 0.717) is 25.9 Å². The number of hydrogen-bond acceptors (Lipinski definition) is 5. The third kappa shape index (κ3) is 47.7. The van der Waals surface area contributed by atoms with Gasteiger partial charge in [-0.1, -0.05) is 244 Å². The van der Waals surface area contributed by atoms with E-state index in [2.05, 4.69) is 43.5 Å². The predicted octanol–water partition coefficient (Wildman–Crippen LogP) is 16.3. The van der Waals surface area contributed by atoms with Crippen LogP contribution in [0.4, 0.5) is 0 Å². The normalized spacial score (nSPS) is 12.8. The van der Waals surface area contributed by atoms with Crippen molar-refractivity contribution in [3.63, 3.8) is 0 Å². The molecule has 0 spiro atoms. The zero-order chi connectivity index (χ0) is 44.4. The van der Waals surface area contributed by atoms with Crippen LogP contribution < -0.4 is 5.32 Å². The quantitative estimate of drug-likeness (QED) is 0.0322. The monoisotopic (exact) mass is 860 g/mol. The van der Waals surface area contributed by atoms with E-state index in [4.69, 9.17) is 4.74 Å². The standard InChI is InChI=1S/C55H105NO5/c1-3-5-7-9-11-13-15-16-21-25-29-33-37-41-45-49-55(60)61-50-46-42-38-34-30-26-23-20-18-17-19-22-24-28-32-36-40-44-48-54(59)56-52(51-57)53(58)47-43-39-35-31-27-14-12-10-8-6-4-2/h11,13,16,21,52-53,57-58H,3-10,12,14-15,17-20,22-51H2,1-2H3,(H,56,59)/b13-11-,21-16-. The summed E-state index contributed by atoms with van der Waals surface area (Å²) in [7, 11) is 0. The van der Waals surface area contributed by atoms with Crippen LogP contribution in [0.25, 0.3) is 0 Å². The zero-order valence-corrected chi connectivity index (χ0v) is 40.9. The van der Waals surface area contributed by atoms with Crippen molar-refractivity contribution < 1.29 is 24.5 Å². The van der Waals surface area contributed by atoms with Crippen LogP contribution in [0.3, 0.4) is 0 Å². The first-order valence-electron chi connectivity index (χ1n) is 27.1. The molecule has 0 saturated heterocycles. The minimum Gasteiger partial charge on any atom is -0.466 e. The zero-order valence-electron chi connectivity index (χ0n) is 40.9. The molecular weight excluding hydrogens is 755 g/mol. The number of aliphatic hydroxyl groups excluding tert-OH is 2. The molecule has 0 bridgehead atoms. The Hall–Kier alpha value is -1.66. The fourth-order valence-electron chi connectivity index (χ4n) is 8.32. The van der Waals surface area contributed by atoms with Crippen LogP contribution in [-0.4, -0.2) is 47.4 Å². The molecule has 6 nitrogen and oxygen atoms in total. The maximum Gasteiger partial charge on any atom is 0.305 e. The summed E-state index contributed by atoms with van der Waals surface area (Å²) in [6.45, 7) is 4.90. The van der Waals surface area contributed by atoms with Gasteiger partial charge >= 0.3 is 5.97 Å². The fraction of sp³-hybridized carbons (Fsp3) is 0.891. The lowest BCUT2D eigenvalue weighted by molar-refractivity contribution is -0.143. The van der Waals surface area contributed by atoms with E-state index in [0.717, 1.165) is 51.4 Å². The third-order valence-corrected chi connectivity index (χ3v) is 12.5. The number of hydrogen-bond donors (Lipinski definition) is 3. The summed E-state index contributed by atoms with van der Waals surface area (Å²) in [6, 6.07) is -0.543. The molecule has 0 aliphatic heterocycles. The van der Waals surface area contributed by atoms with Gasteiger partial charge in [-0.25, -0.2) is 0 Å². The predicted molar refractivity (Wildman–Crippen MR) is 264 cm³/mol. The van der Waals surface area contributed by atoms with E-state index in [-0.39, 0.29) is 18.5 Å². The highest BCUT2D eigenvalue weighted by Gasteiger charge is 2.20. The van der Waals surface area contributed by atoms with Gasteiger partial charge in [0.2, 0.25) is 5.91 Å². The molecule has 2 atom stereocenters. The Balaban J connectivity index is 3.40. The molecule has 2 unspecified atom stereocenters. The third-order valence-electron chi connectivity index (χ3n) is 12.5. The van der Waals surface area contributed by atoms with E-state index in [1.54, 1.807) is 0 Å². The second kappa shape index (κ2) is 51.0. The van der Waals surface area contributed by atoms with Crippen molar-refractivity contribution in [2.45, 2.75) is 302 Å². The van der Waals surface area contributed by atoms with Crippen molar-refractivity contribution in [1.29, 1.82) is 0 Å². The van der Waals surface area contributed by atoms with Crippen molar-refractivity contribution in [2.24, 2.45) is 0 Å². The lowest BCUT2D eigenvalue weighted by Crippen LogP contribution is -2.45. The van der Waals surface area contributed by atoms with Gasteiger partial charge in [0.15, 0.2) is 0 Å². The molecule has 0 aromatic carbocycles. The van der Waals surface area contributed by atoms with E-state index in [1.807, 2.05) is 0 Å². The Morgan fingerprint density at radius 2 is 0.820 bits per heavy atom. The van der Waals surface area contributed by atoms with Crippen LogP contribution in [0.15, 0.2) is 24.3 Å². The smallest absolute Gasteiger partial charge is 0.305 e. The lowest BCUT2D eigenvalue weighted by Gasteiger charge is -2.22. The van der Waals surface area contributed by atoms with Crippen LogP contribution in [-0.2, 0) is 14.3 Å². The number of aliphatic hydroxyl groups is 2. The average molecular weight is 860 g/mol. The van der Waals surface area contributed by atoms with Gasteiger partial charge in [0.1, 0.15) is 0 Å². The molecular formula is C55H105NO5. The second-order valence-electron chi connectivity index (χ2n) is 18.6. The van der Waals surface area contributed by atoms with Gasteiger partial charge in [-0.3, -0.25) is 9.59 Å². The highest BCUT2D eigenvalue weighted by molar-refractivity contribution is 5.76. The maximum atomic E-state index is 12.4. The molecule has 61 heavy (non-hydrogen) atoms. The molecule has 0 aromatic rings. The van der Waals surface area contributed by atoms with Crippen LogP contribution in [0, 0.1) is 0 Å². The highest BCUT2D eigenvalue weighted by atomic mass is 16.5. The Bertz CT molecular complexity index is 951. The number of esters is 1. The molecule has 0 aliphatic carbocycles. The first-order valence-corrected chi connectivity index (χ1v) is 27.1. The summed E-state index contributed by atoms with van der Waals surface area (Å²) in [5.74, 6) is -0.0471. The van der Waals surface area contributed by atoms with Gasteiger partial charge in [0.05, 0.1) is 25.4 Å². The number of unbranched alkanes of at least 4 members (excludes halogenated alkanes) is 35. The van der Waals surface area contributed by atoms with Crippen LogP contribution in [0.1, 0.15) is 290 Å². The number of carbonyl (C=O) groups is 2. The Kier molecular flexibility index (Phi) is 49.6. The van der Waals surface area contributed by atoms with Crippen molar-refractivity contribution >= 4 is 11.9 Å². The Morgan fingerprint density at radius 3 is 1.28 bits per heavy atom. The Labute approximate surface area is 380 Å². The topological polar surface area (TPSA) is 95.9 Å². The molecule has 0 aliphatic rings. The number of nitrogens with one attached hydrogen (secondary N) is 1. The summed E-state index contributed by atoms with van der Waals surface area (Å²) in [4.78, 5) is 24.5. The first kappa shape index (κ1) is 59.3. The number of ether oxygens (including phenoxy) is 1.